The van der Waals surface area contributed by atoms with Crippen LogP contribution in [0.3, 0.4) is 0 Å². The number of nitrogens with one attached hydrogen (secondary N) is 1. The van der Waals surface area contributed by atoms with Gasteiger partial charge in [-0.05, 0) is 30.2 Å². The molecule has 2 aromatic rings. The van der Waals surface area contributed by atoms with Gasteiger partial charge in [-0.15, -0.1) is 0 Å². The van der Waals surface area contributed by atoms with E-state index in [2.05, 4.69) is 5.32 Å². The van der Waals surface area contributed by atoms with Gasteiger partial charge in [0.2, 0.25) is 0 Å². The highest BCUT2D eigenvalue weighted by atomic mass is 32.2. The smallest absolute Gasteiger partial charge is 0.317 e. The number of likely N-dealkylation sites (N-methyl/N-ethyl adjacent to an activating group) is 1. The van der Waals surface area contributed by atoms with Crippen molar-refractivity contribution in [2.24, 2.45) is 0 Å². The number of urea groups is 1. The zero-order chi connectivity index (χ0) is 19.9. The molecule has 2 rings (SSSR count). The quantitative estimate of drug-likeness (QED) is 0.752. The number of hydrogen-bond acceptors (Lipinski definition) is 4. The van der Waals surface area contributed by atoms with E-state index in [9.17, 15) is 13.2 Å². The molecule has 0 fully saturated rings. The zero-order valence-electron chi connectivity index (χ0n) is 15.9. The first-order chi connectivity index (χ1) is 12.7. The number of amides is 2. The topological polar surface area (TPSA) is 75.7 Å². The van der Waals surface area contributed by atoms with E-state index in [0.717, 1.165) is 16.9 Å². The average Bonchev–Trinajstić information content (AvgIpc) is 2.61. The molecule has 7 heteroatoms. The van der Waals surface area contributed by atoms with Crippen LogP contribution in [0.4, 0.5) is 4.79 Å². The van der Waals surface area contributed by atoms with Gasteiger partial charge in [-0.25, -0.2) is 13.2 Å². The van der Waals surface area contributed by atoms with E-state index in [4.69, 9.17) is 4.74 Å². The summed E-state index contributed by atoms with van der Waals surface area (Å²) in [4.78, 5) is 13.7. The maximum atomic E-state index is 12.1. The first-order valence-electron chi connectivity index (χ1n) is 8.67. The summed E-state index contributed by atoms with van der Waals surface area (Å²) in [6.07, 6.45) is 1.21. The number of rotatable bonds is 8. The molecule has 0 aromatic heterocycles. The molecule has 27 heavy (non-hydrogen) atoms. The highest BCUT2D eigenvalue weighted by molar-refractivity contribution is 7.89. The van der Waals surface area contributed by atoms with Crippen molar-refractivity contribution in [3.8, 4) is 5.75 Å². The van der Waals surface area contributed by atoms with Gasteiger partial charge in [0, 0.05) is 19.8 Å². The Hall–Kier alpha value is -2.54. The van der Waals surface area contributed by atoms with Crippen molar-refractivity contribution in [3.63, 3.8) is 0 Å². The molecule has 0 aliphatic heterocycles. The van der Waals surface area contributed by atoms with Crippen LogP contribution in [0, 0.1) is 6.92 Å². The van der Waals surface area contributed by atoms with Gasteiger partial charge in [-0.2, -0.15) is 0 Å². The minimum atomic E-state index is -3.05. The molecule has 0 heterocycles. The third-order valence-electron chi connectivity index (χ3n) is 3.96. The summed E-state index contributed by atoms with van der Waals surface area (Å²) in [6.45, 7) is 3.27. The predicted molar refractivity (Wildman–Crippen MR) is 107 cm³/mol. The summed E-state index contributed by atoms with van der Waals surface area (Å²) in [5.41, 5.74) is 2.81. The number of hydrogen-bond donors (Lipinski definition) is 1. The molecule has 0 bridgehead atoms. The van der Waals surface area contributed by atoms with E-state index < -0.39 is 9.84 Å². The van der Waals surface area contributed by atoms with Crippen molar-refractivity contribution in [1.29, 1.82) is 0 Å². The van der Waals surface area contributed by atoms with Gasteiger partial charge < -0.3 is 15.0 Å². The Kier molecular flexibility index (Phi) is 7.24. The second-order valence-corrected chi connectivity index (χ2v) is 8.77. The Balaban J connectivity index is 1.73. The molecular formula is C20H26N2O4S. The Labute approximate surface area is 161 Å². The minimum Gasteiger partial charge on any atom is -0.492 e. The maximum Gasteiger partial charge on any atom is 0.317 e. The van der Waals surface area contributed by atoms with Crippen molar-refractivity contribution in [3.05, 3.63) is 65.2 Å². The molecular weight excluding hydrogens is 364 g/mol. The van der Waals surface area contributed by atoms with Crippen LogP contribution in [0.15, 0.2) is 48.5 Å². The summed E-state index contributed by atoms with van der Waals surface area (Å²) in [7, 11) is -1.34. The molecule has 0 aliphatic rings. The lowest BCUT2D eigenvalue weighted by atomic mass is 10.1. The monoisotopic (exact) mass is 390 g/mol. The molecule has 146 valence electrons. The van der Waals surface area contributed by atoms with E-state index in [-0.39, 0.29) is 11.8 Å². The third-order valence-corrected chi connectivity index (χ3v) is 4.82. The number of aryl methyl sites for hydroxylation is 1. The Bertz CT molecular complexity index is 847. The molecule has 0 radical (unpaired) electrons. The van der Waals surface area contributed by atoms with Gasteiger partial charge in [0.25, 0.3) is 0 Å². The van der Waals surface area contributed by atoms with Crippen LogP contribution in [0.25, 0.3) is 0 Å². The fourth-order valence-electron chi connectivity index (χ4n) is 2.41. The summed E-state index contributed by atoms with van der Waals surface area (Å²) < 4.78 is 28.2. The van der Waals surface area contributed by atoms with Crippen molar-refractivity contribution < 1.29 is 17.9 Å². The minimum absolute atomic E-state index is 0.0172. The summed E-state index contributed by atoms with van der Waals surface area (Å²) in [6, 6.07) is 14.8. The molecule has 0 saturated carbocycles. The van der Waals surface area contributed by atoms with Crippen LogP contribution >= 0.6 is 0 Å². The fraction of sp³-hybridized carbons (Fsp3) is 0.350. The summed E-state index contributed by atoms with van der Waals surface area (Å²) >= 11 is 0. The van der Waals surface area contributed by atoms with Crippen LogP contribution in [0.2, 0.25) is 0 Å². The standard InChI is InChI=1S/C20H26N2O4S/c1-16-4-10-19(11-5-16)26-13-12-22(2)20(23)21-14-17-6-8-18(9-7-17)15-27(3,24)25/h4-11H,12-15H2,1-3H3,(H,21,23). The first-order valence-corrected chi connectivity index (χ1v) is 10.7. The van der Waals surface area contributed by atoms with E-state index in [1.807, 2.05) is 43.3 Å². The lowest BCUT2D eigenvalue weighted by molar-refractivity contribution is 0.195. The van der Waals surface area contributed by atoms with Crippen LogP contribution in [-0.4, -0.2) is 45.8 Å². The molecule has 1 N–H and O–H groups in total. The van der Waals surface area contributed by atoms with Crippen LogP contribution in [-0.2, 0) is 22.1 Å². The van der Waals surface area contributed by atoms with Crippen molar-refractivity contribution in [2.45, 2.75) is 19.2 Å². The first kappa shape index (κ1) is 20.8. The Morgan fingerprint density at radius 1 is 1.04 bits per heavy atom. The van der Waals surface area contributed by atoms with E-state index in [1.54, 1.807) is 24.1 Å². The third kappa shape index (κ3) is 7.70. The highest BCUT2D eigenvalue weighted by Gasteiger charge is 2.09. The predicted octanol–water partition coefficient (Wildman–Crippen LogP) is 2.76. The maximum absolute atomic E-state index is 12.1. The van der Waals surface area contributed by atoms with Gasteiger partial charge in [0.15, 0.2) is 9.84 Å². The number of carbonyl (C=O) groups excluding carboxylic acids is 1. The number of carbonyl (C=O) groups is 1. The largest absolute Gasteiger partial charge is 0.492 e. The lowest BCUT2D eigenvalue weighted by Crippen LogP contribution is -2.39. The van der Waals surface area contributed by atoms with Gasteiger partial charge in [-0.3, -0.25) is 0 Å². The molecule has 0 saturated heterocycles. The van der Waals surface area contributed by atoms with Crippen molar-refractivity contribution in [2.75, 3.05) is 26.5 Å². The molecule has 6 nitrogen and oxygen atoms in total. The second kappa shape index (κ2) is 9.41. The average molecular weight is 391 g/mol. The van der Waals surface area contributed by atoms with Crippen LogP contribution in [0.1, 0.15) is 16.7 Å². The Morgan fingerprint density at radius 2 is 1.63 bits per heavy atom. The number of sulfone groups is 1. The zero-order valence-corrected chi connectivity index (χ0v) is 16.8. The van der Waals surface area contributed by atoms with E-state index in [1.165, 1.54) is 11.8 Å². The second-order valence-electron chi connectivity index (χ2n) is 6.63. The molecule has 0 unspecified atom stereocenters. The molecule has 2 amide bonds. The van der Waals surface area contributed by atoms with Gasteiger partial charge in [-0.1, -0.05) is 42.0 Å². The lowest BCUT2D eigenvalue weighted by Gasteiger charge is -2.18. The van der Waals surface area contributed by atoms with Crippen molar-refractivity contribution in [1.82, 2.24) is 10.2 Å². The fourth-order valence-corrected chi connectivity index (χ4v) is 3.20. The van der Waals surface area contributed by atoms with E-state index in [0.29, 0.717) is 19.7 Å². The molecule has 2 aromatic carbocycles. The van der Waals surface area contributed by atoms with Crippen molar-refractivity contribution >= 4 is 15.9 Å². The van der Waals surface area contributed by atoms with Gasteiger partial charge in [0.1, 0.15) is 12.4 Å². The molecule has 0 atom stereocenters. The van der Waals surface area contributed by atoms with Crippen LogP contribution in [0.5, 0.6) is 5.75 Å². The van der Waals surface area contributed by atoms with Gasteiger partial charge >= 0.3 is 6.03 Å². The van der Waals surface area contributed by atoms with E-state index >= 15 is 0 Å². The number of ether oxygens (including phenoxy) is 1. The van der Waals surface area contributed by atoms with Crippen LogP contribution < -0.4 is 10.1 Å². The number of benzene rings is 2. The molecule has 0 spiro atoms. The molecule has 0 aliphatic carbocycles. The summed E-state index contributed by atoms with van der Waals surface area (Å²) in [5.74, 6) is 0.798. The highest BCUT2D eigenvalue weighted by Crippen LogP contribution is 2.11. The number of nitrogens with zero attached hydrogens (tertiary/aromatic N) is 1. The van der Waals surface area contributed by atoms with Gasteiger partial charge in [0.05, 0.1) is 12.3 Å². The normalized spacial score (nSPS) is 11.1. The summed E-state index contributed by atoms with van der Waals surface area (Å²) in [5, 5.41) is 2.84. The SMILES string of the molecule is Cc1ccc(OCCN(C)C(=O)NCc2ccc(CS(C)(=O)=O)cc2)cc1. The Morgan fingerprint density at radius 3 is 2.22 bits per heavy atom.